The van der Waals surface area contributed by atoms with Crippen molar-refractivity contribution in [2.45, 2.75) is 18.9 Å². The molecule has 0 spiro atoms. The van der Waals surface area contributed by atoms with Crippen LogP contribution in [-0.4, -0.2) is 35.0 Å². The number of rotatable bonds is 4. The number of hydrogen-bond acceptors (Lipinski definition) is 4. The van der Waals surface area contributed by atoms with Gasteiger partial charge in [-0.2, -0.15) is 0 Å². The Morgan fingerprint density at radius 2 is 1.81 bits per heavy atom. The summed E-state index contributed by atoms with van der Waals surface area (Å²) in [7, 11) is 0. The number of piperidine rings is 1. The summed E-state index contributed by atoms with van der Waals surface area (Å²) in [5.74, 6) is -0.381. The molecule has 0 radical (unpaired) electrons. The largest absolute Gasteiger partial charge is 0.315 e. The van der Waals surface area contributed by atoms with E-state index in [0.717, 1.165) is 52.1 Å². The number of pyridine rings is 2. The molecule has 3 heterocycles. The molecule has 36 heavy (non-hydrogen) atoms. The summed E-state index contributed by atoms with van der Waals surface area (Å²) >= 11 is 0. The molecule has 1 aliphatic rings. The quantitative estimate of drug-likeness (QED) is 0.346. The highest BCUT2D eigenvalue weighted by Gasteiger charge is 2.30. The highest BCUT2D eigenvalue weighted by Crippen LogP contribution is 2.31. The van der Waals surface area contributed by atoms with Crippen LogP contribution in [0.5, 0.6) is 0 Å². The van der Waals surface area contributed by atoms with Gasteiger partial charge in [-0.15, -0.1) is 0 Å². The molecule has 1 fully saturated rings. The number of aromatic nitrogens is 2. The first-order valence-electron chi connectivity index (χ1n) is 12.2. The number of fused-ring (bicyclic) bond motifs is 2. The molecule has 1 saturated heterocycles. The Morgan fingerprint density at radius 3 is 2.64 bits per heavy atom. The van der Waals surface area contributed by atoms with E-state index in [1.807, 2.05) is 60.7 Å². The maximum absolute atomic E-state index is 15.6. The molecule has 5 nitrogen and oxygen atoms in total. The average Bonchev–Trinajstić information content (AvgIpc) is 2.93. The van der Waals surface area contributed by atoms with E-state index in [9.17, 15) is 4.79 Å². The lowest BCUT2D eigenvalue weighted by Gasteiger charge is -2.34. The van der Waals surface area contributed by atoms with Crippen LogP contribution in [-0.2, 0) is 0 Å². The van der Waals surface area contributed by atoms with Crippen LogP contribution >= 0.6 is 0 Å². The van der Waals surface area contributed by atoms with Crippen LogP contribution in [0.15, 0.2) is 91.4 Å². The third-order valence-electron chi connectivity index (χ3n) is 6.91. The van der Waals surface area contributed by atoms with E-state index in [2.05, 4.69) is 15.3 Å². The van der Waals surface area contributed by atoms with Crippen molar-refractivity contribution in [2.24, 2.45) is 0 Å². The van der Waals surface area contributed by atoms with E-state index in [-0.39, 0.29) is 17.5 Å². The Morgan fingerprint density at radius 1 is 0.944 bits per heavy atom. The fraction of sp³-hybridized carbons (Fsp3) is 0.167. The Labute approximate surface area is 208 Å². The van der Waals surface area contributed by atoms with E-state index in [1.165, 1.54) is 6.07 Å². The first-order chi connectivity index (χ1) is 17.7. The molecule has 3 aromatic carbocycles. The Bertz CT molecular complexity index is 1570. The molecule has 0 saturated carbocycles. The van der Waals surface area contributed by atoms with Gasteiger partial charge in [-0.05, 0) is 65.6 Å². The summed E-state index contributed by atoms with van der Waals surface area (Å²) in [6.45, 7) is 1.55. The molecular formula is C30H25FN4O. The third-order valence-corrected chi connectivity index (χ3v) is 6.91. The van der Waals surface area contributed by atoms with Crippen LogP contribution in [0.1, 0.15) is 23.2 Å². The molecule has 6 heteroatoms. The average molecular weight is 477 g/mol. The molecule has 0 unspecified atom stereocenters. The number of nitrogens with zero attached hydrogens (tertiary/aromatic N) is 3. The molecule has 2 aromatic heterocycles. The predicted molar refractivity (Wildman–Crippen MR) is 142 cm³/mol. The summed E-state index contributed by atoms with van der Waals surface area (Å²) in [6, 6.07) is 22.4. The summed E-state index contributed by atoms with van der Waals surface area (Å²) in [5.41, 5.74) is 1.66. The Hall–Kier alpha value is -4.16. The first-order valence-corrected chi connectivity index (χ1v) is 12.2. The van der Waals surface area contributed by atoms with E-state index < -0.39 is 5.82 Å². The highest BCUT2D eigenvalue weighted by molar-refractivity contribution is 6.07. The van der Waals surface area contributed by atoms with Crippen LogP contribution in [0.25, 0.3) is 32.7 Å². The van der Waals surface area contributed by atoms with Crippen molar-refractivity contribution >= 4 is 33.3 Å². The van der Waals surface area contributed by atoms with Gasteiger partial charge >= 0.3 is 0 Å². The number of benzene rings is 3. The zero-order valence-corrected chi connectivity index (χ0v) is 19.7. The zero-order chi connectivity index (χ0) is 24.5. The van der Waals surface area contributed by atoms with Crippen LogP contribution in [0.3, 0.4) is 0 Å². The maximum Gasteiger partial charge on any atom is 0.262 e. The fourth-order valence-corrected chi connectivity index (χ4v) is 5.07. The summed E-state index contributed by atoms with van der Waals surface area (Å²) in [6.07, 6.45) is 7.07. The van der Waals surface area contributed by atoms with Gasteiger partial charge in [0.1, 0.15) is 11.6 Å². The second-order valence-corrected chi connectivity index (χ2v) is 9.16. The molecule has 5 aromatic rings. The molecular weight excluding hydrogens is 451 g/mol. The predicted octanol–water partition coefficient (Wildman–Crippen LogP) is 5.99. The fourth-order valence-electron chi connectivity index (χ4n) is 5.07. The van der Waals surface area contributed by atoms with Crippen molar-refractivity contribution in [3.8, 4) is 11.1 Å². The minimum absolute atomic E-state index is 0.0428. The van der Waals surface area contributed by atoms with Crippen LogP contribution < -0.4 is 10.2 Å². The first kappa shape index (κ1) is 22.3. The van der Waals surface area contributed by atoms with Crippen LogP contribution in [0.2, 0.25) is 0 Å². The second kappa shape index (κ2) is 9.47. The van der Waals surface area contributed by atoms with Crippen molar-refractivity contribution in [3.05, 3.63) is 103 Å². The zero-order valence-electron chi connectivity index (χ0n) is 19.7. The van der Waals surface area contributed by atoms with Gasteiger partial charge in [-0.1, -0.05) is 48.5 Å². The van der Waals surface area contributed by atoms with Gasteiger partial charge in [0, 0.05) is 35.9 Å². The maximum atomic E-state index is 15.6. The van der Waals surface area contributed by atoms with Crippen LogP contribution in [0, 0.1) is 5.82 Å². The number of anilines is 1. The van der Waals surface area contributed by atoms with Gasteiger partial charge in [0.15, 0.2) is 0 Å². The van der Waals surface area contributed by atoms with Crippen molar-refractivity contribution in [3.63, 3.8) is 0 Å². The third kappa shape index (κ3) is 4.10. The van der Waals surface area contributed by atoms with E-state index >= 15 is 4.39 Å². The smallest absolute Gasteiger partial charge is 0.262 e. The number of nitrogens with one attached hydrogen (secondary N) is 1. The minimum Gasteiger partial charge on any atom is -0.315 e. The number of amides is 1. The second-order valence-electron chi connectivity index (χ2n) is 9.16. The van der Waals surface area contributed by atoms with Gasteiger partial charge in [-0.3, -0.25) is 14.7 Å². The molecule has 178 valence electrons. The van der Waals surface area contributed by atoms with Gasteiger partial charge in [-0.25, -0.2) is 9.37 Å². The molecule has 1 N–H and O–H groups in total. The molecule has 6 rings (SSSR count). The normalized spacial score (nSPS) is 15.8. The van der Waals surface area contributed by atoms with E-state index in [1.54, 1.807) is 29.6 Å². The highest BCUT2D eigenvalue weighted by atomic mass is 19.1. The SMILES string of the molecule is O=C(c1ccc(-c2cccc3cnccc23)cc1F)N(c1cc2ccccc2cn1)[C@@H]1CCCNC1. The summed E-state index contributed by atoms with van der Waals surface area (Å²) in [5, 5.41) is 7.33. The van der Waals surface area contributed by atoms with Crippen molar-refractivity contribution < 1.29 is 9.18 Å². The lowest BCUT2D eigenvalue weighted by atomic mass is 9.97. The molecule has 0 aliphatic carbocycles. The summed E-state index contributed by atoms with van der Waals surface area (Å²) in [4.78, 5) is 24.3. The molecule has 1 aliphatic heterocycles. The van der Waals surface area contributed by atoms with Gasteiger partial charge < -0.3 is 5.32 Å². The van der Waals surface area contributed by atoms with Gasteiger partial charge in [0.05, 0.1) is 11.6 Å². The Balaban J connectivity index is 1.40. The number of halogens is 1. The van der Waals surface area contributed by atoms with Crippen molar-refractivity contribution in [1.29, 1.82) is 0 Å². The lowest BCUT2D eigenvalue weighted by Crippen LogP contribution is -2.49. The number of carbonyl (C=O) groups excluding carboxylic acids is 1. The lowest BCUT2D eigenvalue weighted by molar-refractivity contribution is 0.0967. The number of hydrogen-bond donors (Lipinski definition) is 1. The van der Waals surface area contributed by atoms with Gasteiger partial charge in [0.2, 0.25) is 0 Å². The molecule has 1 amide bonds. The standard InChI is InChI=1S/C30H25FN4O/c31-28-15-21(25-9-3-7-23-17-33-14-12-26(23)25)10-11-27(28)30(36)35(24-8-4-13-32-19-24)29-16-20-5-1-2-6-22(20)18-34-29/h1-3,5-7,9-12,14-18,24,32H,4,8,13,19H2/t24-/m1/s1. The number of carbonyl (C=O) groups is 1. The van der Waals surface area contributed by atoms with Gasteiger partial charge in [0.25, 0.3) is 5.91 Å². The van der Waals surface area contributed by atoms with E-state index in [0.29, 0.717) is 12.4 Å². The van der Waals surface area contributed by atoms with E-state index in [4.69, 9.17) is 0 Å². The monoisotopic (exact) mass is 476 g/mol. The minimum atomic E-state index is -0.543. The molecule has 1 atom stereocenters. The topological polar surface area (TPSA) is 58.1 Å². The van der Waals surface area contributed by atoms with Crippen LogP contribution in [0.4, 0.5) is 10.2 Å². The Kier molecular flexibility index (Phi) is 5.87. The summed E-state index contributed by atoms with van der Waals surface area (Å²) < 4.78 is 15.6. The van der Waals surface area contributed by atoms with Crippen molar-refractivity contribution in [2.75, 3.05) is 18.0 Å². The molecule has 0 bridgehead atoms. The van der Waals surface area contributed by atoms with Crippen molar-refractivity contribution in [1.82, 2.24) is 15.3 Å².